The fourth-order valence-electron chi connectivity index (χ4n) is 3.88. The number of rotatable bonds is 3. The first-order valence-electron chi connectivity index (χ1n) is 9.69. The van der Waals surface area contributed by atoms with Gasteiger partial charge in [-0.3, -0.25) is 4.79 Å². The van der Waals surface area contributed by atoms with Gasteiger partial charge in [-0.25, -0.2) is 14.6 Å². The van der Waals surface area contributed by atoms with Gasteiger partial charge in [0.1, 0.15) is 12.1 Å². The standard InChI is InChI=1S/C20H27N5O2/c1-20(2,3)17-6-7-18(26)25(23-17)11-14-5-4-9-24(14)19-15-12-27-10-8-16(15)21-13-22-19/h6-7,13-14H,4-5,8-12H2,1-3H3. The SMILES string of the molecule is CC(C)(C)c1ccc(=O)n(CC2CCCN2c2ncnc3c2COCC3)n1. The molecule has 0 spiro atoms. The molecule has 4 heterocycles. The summed E-state index contributed by atoms with van der Waals surface area (Å²) in [5.41, 5.74) is 2.97. The molecule has 4 rings (SSSR count). The van der Waals surface area contributed by atoms with Crippen LogP contribution in [0.3, 0.4) is 0 Å². The molecule has 1 saturated heterocycles. The minimum Gasteiger partial charge on any atom is -0.376 e. The van der Waals surface area contributed by atoms with Crippen molar-refractivity contribution in [1.29, 1.82) is 0 Å². The maximum atomic E-state index is 12.4. The van der Waals surface area contributed by atoms with E-state index in [2.05, 4.69) is 40.7 Å². The molecule has 27 heavy (non-hydrogen) atoms. The summed E-state index contributed by atoms with van der Waals surface area (Å²) in [6.45, 7) is 9.11. The molecule has 1 unspecified atom stereocenters. The fourth-order valence-corrected chi connectivity index (χ4v) is 3.88. The van der Waals surface area contributed by atoms with Gasteiger partial charge in [0, 0.05) is 30.0 Å². The quantitative estimate of drug-likeness (QED) is 0.825. The maximum Gasteiger partial charge on any atom is 0.266 e. The number of hydrogen-bond acceptors (Lipinski definition) is 6. The third-order valence-electron chi connectivity index (χ3n) is 5.41. The summed E-state index contributed by atoms with van der Waals surface area (Å²) < 4.78 is 7.27. The van der Waals surface area contributed by atoms with Crippen LogP contribution in [0.1, 0.15) is 50.6 Å². The van der Waals surface area contributed by atoms with E-state index in [0.29, 0.717) is 19.8 Å². The van der Waals surface area contributed by atoms with Crippen molar-refractivity contribution in [2.24, 2.45) is 0 Å². The van der Waals surface area contributed by atoms with Crippen LogP contribution in [0.4, 0.5) is 5.82 Å². The van der Waals surface area contributed by atoms with E-state index in [0.717, 1.165) is 48.6 Å². The van der Waals surface area contributed by atoms with Crippen molar-refractivity contribution < 1.29 is 4.74 Å². The number of anilines is 1. The summed E-state index contributed by atoms with van der Waals surface area (Å²) in [7, 11) is 0. The largest absolute Gasteiger partial charge is 0.376 e. The summed E-state index contributed by atoms with van der Waals surface area (Å²) >= 11 is 0. The topological polar surface area (TPSA) is 73.1 Å². The third kappa shape index (κ3) is 3.60. The van der Waals surface area contributed by atoms with Crippen molar-refractivity contribution in [3.05, 3.63) is 45.8 Å². The van der Waals surface area contributed by atoms with Gasteiger partial charge in [-0.05, 0) is 18.9 Å². The van der Waals surface area contributed by atoms with Gasteiger partial charge < -0.3 is 9.64 Å². The Morgan fingerprint density at radius 3 is 2.93 bits per heavy atom. The first-order chi connectivity index (χ1) is 12.9. The van der Waals surface area contributed by atoms with E-state index in [4.69, 9.17) is 4.74 Å². The lowest BCUT2D eigenvalue weighted by Crippen LogP contribution is -2.39. The molecule has 1 fully saturated rings. The van der Waals surface area contributed by atoms with E-state index in [-0.39, 0.29) is 17.0 Å². The molecular weight excluding hydrogens is 342 g/mol. The Bertz CT molecular complexity index is 887. The zero-order valence-electron chi connectivity index (χ0n) is 16.3. The number of hydrogen-bond donors (Lipinski definition) is 0. The van der Waals surface area contributed by atoms with Crippen LogP contribution in [0.2, 0.25) is 0 Å². The summed E-state index contributed by atoms with van der Waals surface area (Å²) in [5, 5.41) is 4.64. The van der Waals surface area contributed by atoms with Gasteiger partial charge in [-0.15, -0.1) is 0 Å². The van der Waals surface area contributed by atoms with Gasteiger partial charge >= 0.3 is 0 Å². The van der Waals surface area contributed by atoms with Gasteiger partial charge in [0.2, 0.25) is 0 Å². The highest BCUT2D eigenvalue weighted by molar-refractivity contribution is 5.50. The molecule has 0 N–H and O–H groups in total. The van der Waals surface area contributed by atoms with E-state index in [1.54, 1.807) is 17.1 Å². The number of nitrogens with zero attached hydrogens (tertiary/aromatic N) is 5. The summed E-state index contributed by atoms with van der Waals surface area (Å²) in [5.74, 6) is 0.960. The average Bonchev–Trinajstić information content (AvgIpc) is 3.10. The molecule has 0 radical (unpaired) electrons. The molecule has 0 amide bonds. The number of ether oxygens (including phenoxy) is 1. The molecule has 1 atom stereocenters. The van der Waals surface area contributed by atoms with Crippen LogP contribution in [0.5, 0.6) is 0 Å². The second-order valence-corrected chi connectivity index (χ2v) is 8.40. The Morgan fingerprint density at radius 1 is 1.26 bits per heavy atom. The summed E-state index contributed by atoms with van der Waals surface area (Å²) in [4.78, 5) is 23.7. The molecular formula is C20H27N5O2. The monoisotopic (exact) mass is 369 g/mol. The van der Waals surface area contributed by atoms with Crippen molar-refractivity contribution in [3.63, 3.8) is 0 Å². The van der Waals surface area contributed by atoms with Crippen LogP contribution >= 0.6 is 0 Å². The van der Waals surface area contributed by atoms with Crippen molar-refractivity contribution in [3.8, 4) is 0 Å². The van der Waals surface area contributed by atoms with E-state index < -0.39 is 0 Å². The Balaban J connectivity index is 1.63. The molecule has 0 saturated carbocycles. The Morgan fingerprint density at radius 2 is 2.11 bits per heavy atom. The van der Waals surface area contributed by atoms with Crippen molar-refractivity contribution in [1.82, 2.24) is 19.7 Å². The van der Waals surface area contributed by atoms with Crippen LogP contribution in [0.15, 0.2) is 23.3 Å². The van der Waals surface area contributed by atoms with E-state index in [9.17, 15) is 4.79 Å². The molecule has 2 aliphatic heterocycles. The molecule has 144 valence electrons. The van der Waals surface area contributed by atoms with E-state index in [1.165, 1.54) is 0 Å². The minimum atomic E-state index is -0.0894. The lowest BCUT2D eigenvalue weighted by atomic mass is 9.92. The highest BCUT2D eigenvalue weighted by Gasteiger charge is 2.30. The molecule has 0 aromatic carbocycles. The fraction of sp³-hybridized carbons (Fsp3) is 0.600. The molecule has 7 heteroatoms. The highest BCUT2D eigenvalue weighted by atomic mass is 16.5. The van der Waals surface area contributed by atoms with Crippen LogP contribution in [-0.4, -0.2) is 38.9 Å². The second-order valence-electron chi connectivity index (χ2n) is 8.40. The zero-order valence-corrected chi connectivity index (χ0v) is 16.3. The van der Waals surface area contributed by atoms with Gasteiger partial charge in [0.25, 0.3) is 5.56 Å². The molecule has 2 aliphatic rings. The predicted molar refractivity (Wildman–Crippen MR) is 103 cm³/mol. The normalized spacial score (nSPS) is 20.0. The molecule has 2 aromatic heterocycles. The number of fused-ring (bicyclic) bond motifs is 1. The zero-order chi connectivity index (χ0) is 19.0. The Hall–Kier alpha value is -2.28. The van der Waals surface area contributed by atoms with Crippen LogP contribution in [-0.2, 0) is 29.7 Å². The van der Waals surface area contributed by atoms with Crippen LogP contribution < -0.4 is 10.5 Å². The third-order valence-corrected chi connectivity index (χ3v) is 5.41. The smallest absolute Gasteiger partial charge is 0.266 e. The van der Waals surface area contributed by atoms with E-state index >= 15 is 0 Å². The van der Waals surface area contributed by atoms with Crippen molar-refractivity contribution >= 4 is 5.82 Å². The number of aromatic nitrogens is 4. The van der Waals surface area contributed by atoms with Crippen molar-refractivity contribution in [2.75, 3.05) is 18.1 Å². The van der Waals surface area contributed by atoms with Gasteiger partial charge in [0.15, 0.2) is 0 Å². The molecule has 2 aromatic rings. The first-order valence-corrected chi connectivity index (χ1v) is 9.69. The minimum absolute atomic E-state index is 0.0529. The maximum absolute atomic E-state index is 12.4. The predicted octanol–water partition coefficient (Wildman–Crippen LogP) is 2.07. The first kappa shape index (κ1) is 18.1. The lowest BCUT2D eigenvalue weighted by molar-refractivity contribution is 0.109. The summed E-state index contributed by atoms with van der Waals surface area (Å²) in [6, 6.07) is 3.67. The molecule has 0 aliphatic carbocycles. The summed E-state index contributed by atoms with van der Waals surface area (Å²) in [6.07, 6.45) is 4.59. The highest BCUT2D eigenvalue weighted by Crippen LogP contribution is 2.30. The van der Waals surface area contributed by atoms with Gasteiger partial charge in [0.05, 0.1) is 37.2 Å². The van der Waals surface area contributed by atoms with Gasteiger partial charge in [-0.2, -0.15) is 5.10 Å². The van der Waals surface area contributed by atoms with Crippen LogP contribution in [0, 0.1) is 0 Å². The lowest BCUT2D eigenvalue weighted by Gasteiger charge is -2.29. The molecule has 7 nitrogen and oxygen atoms in total. The second kappa shape index (κ2) is 7.03. The average molecular weight is 369 g/mol. The van der Waals surface area contributed by atoms with E-state index in [1.807, 2.05) is 6.07 Å². The Labute approximate surface area is 159 Å². The Kier molecular flexibility index (Phi) is 4.72. The molecule has 0 bridgehead atoms. The van der Waals surface area contributed by atoms with Crippen molar-refractivity contribution in [2.45, 2.75) is 64.6 Å². The van der Waals surface area contributed by atoms with Crippen LogP contribution in [0.25, 0.3) is 0 Å². The van der Waals surface area contributed by atoms with Gasteiger partial charge in [-0.1, -0.05) is 20.8 Å².